The Kier molecular flexibility index (Phi) is 3.44. The highest BCUT2D eigenvalue weighted by Gasteiger charge is 2.09. The Bertz CT molecular complexity index is 513. The number of anilines is 2. The summed E-state index contributed by atoms with van der Waals surface area (Å²) in [4.78, 5) is 4.30. The Balaban J connectivity index is 2.40. The van der Waals surface area contributed by atoms with E-state index in [1.54, 1.807) is 13.3 Å². The van der Waals surface area contributed by atoms with Crippen molar-refractivity contribution in [1.29, 1.82) is 0 Å². The third-order valence-corrected chi connectivity index (χ3v) is 2.61. The van der Waals surface area contributed by atoms with Crippen molar-refractivity contribution in [3.63, 3.8) is 0 Å². The number of nitrogens with two attached hydrogens (primary N) is 1. The summed E-state index contributed by atoms with van der Waals surface area (Å²) in [6.45, 7) is 2.69. The minimum Gasteiger partial charge on any atom is -0.396 e. The molecule has 1 atom stereocenters. The molecule has 0 spiro atoms. The number of hydrogen-bond acceptors (Lipinski definition) is 4. The fourth-order valence-corrected chi connectivity index (χ4v) is 1.86. The van der Waals surface area contributed by atoms with Crippen molar-refractivity contribution in [2.45, 2.75) is 13.0 Å². The van der Waals surface area contributed by atoms with Crippen LogP contribution in [-0.4, -0.2) is 24.7 Å². The topological polar surface area (TPSA) is 60.2 Å². The van der Waals surface area contributed by atoms with Crippen molar-refractivity contribution in [1.82, 2.24) is 4.98 Å². The van der Waals surface area contributed by atoms with Gasteiger partial charge in [0.25, 0.3) is 0 Å². The summed E-state index contributed by atoms with van der Waals surface area (Å²) in [7, 11) is 1.69. The molecular weight excluding hydrogens is 214 g/mol. The van der Waals surface area contributed by atoms with Crippen LogP contribution in [-0.2, 0) is 4.74 Å². The van der Waals surface area contributed by atoms with Crippen molar-refractivity contribution in [2.24, 2.45) is 0 Å². The van der Waals surface area contributed by atoms with Crippen LogP contribution in [0.3, 0.4) is 0 Å². The second-order valence-electron chi connectivity index (χ2n) is 4.11. The molecule has 4 nitrogen and oxygen atoms in total. The Hall–Kier alpha value is -1.81. The van der Waals surface area contributed by atoms with E-state index in [9.17, 15) is 0 Å². The van der Waals surface area contributed by atoms with Gasteiger partial charge >= 0.3 is 0 Å². The zero-order valence-corrected chi connectivity index (χ0v) is 10.1. The number of para-hydroxylation sites is 1. The number of ether oxygens (including phenoxy) is 1. The van der Waals surface area contributed by atoms with Crippen LogP contribution >= 0.6 is 0 Å². The van der Waals surface area contributed by atoms with Gasteiger partial charge in [-0.05, 0) is 13.0 Å². The van der Waals surface area contributed by atoms with E-state index in [-0.39, 0.29) is 6.04 Å². The molecule has 2 aromatic rings. The summed E-state index contributed by atoms with van der Waals surface area (Å²) < 4.78 is 5.11. The Labute approximate surface area is 101 Å². The predicted molar refractivity (Wildman–Crippen MR) is 71.1 cm³/mol. The first kappa shape index (κ1) is 11.7. The Morgan fingerprint density at radius 2 is 2.18 bits per heavy atom. The molecule has 0 bridgehead atoms. The van der Waals surface area contributed by atoms with Gasteiger partial charge in [-0.15, -0.1) is 0 Å². The number of pyridine rings is 1. The Morgan fingerprint density at radius 3 is 2.94 bits per heavy atom. The van der Waals surface area contributed by atoms with Crippen molar-refractivity contribution < 1.29 is 4.74 Å². The molecule has 2 rings (SSSR count). The summed E-state index contributed by atoms with van der Waals surface area (Å²) in [5, 5.41) is 4.40. The highest BCUT2D eigenvalue weighted by Crippen LogP contribution is 2.27. The second kappa shape index (κ2) is 5.01. The van der Waals surface area contributed by atoms with Crippen LogP contribution in [0.2, 0.25) is 0 Å². The molecule has 1 unspecified atom stereocenters. The summed E-state index contributed by atoms with van der Waals surface area (Å²) in [6.07, 6.45) is 1.68. The molecule has 1 heterocycles. The smallest absolute Gasteiger partial charge is 0.0743 e. The molecule has 1 aromatic carbocycles. The standard InChI is InChI=1S/C13H17N3O/c1-9(8-17-2)16-13-10-5-3-4-6-12(10)15-7-11(13)14/h3-7,9H,8,14H2,1-2H3,(H,15,16). The third kappa shape index (κ3) is 2.47. The first-order chi connectivity index (χ1) is 8.22. The maximum absolute atomic E-state index is 5.97. The van der Waals surface area contributed by atoms with Crippen molar-refractivity contribution in [3.05, 3.63) is 30.5 Å². The van der Waals surface area contributed by atoms with Crippen molar-refractivity contribution >= 4 is 22.3 Å². The SMILES string of the molecule is COCC(C)Nc1c(N)cnc2ccccc12. The number of nitrogen functional groups attached to an aromatic ring is 1. The van der Waals surface area contributed by atoms with Crippen molar-refractivity contribution in [2.75, 3.05) is 24.8 Å². The molecular formula is C13H17N3O. The molecule has 90 valence electrons. The number of benzene rings is 1. The minimum absolute atomic E-state index is 0.202. The number of fused-ring (bicyclic) bond motifs is 1. The van der Waals surface area contributed by atoms with Gasteiger partial charge < -0.3 is 15.8 Å². The van der Waals surface area contributed by atoms with Gasteiger partial charge in [0.15, 0.2) is 0 Å². The van der Waals surface area contributed by atoms with Gasteiger partial charge in [0, 0.05) is 18.5 Å². The lowest BCUT2D eigenvalue weighted by Gasteiger charge is -2.17. The van der Waals surface area contributed by atoms with E-state index in [0.717, 1.165) is 16.6 Å². The summed E-state index contributed by atoms with van der Waals surface area (Å²) >= 11 is 0. The largest absolute Gasteiger partial charge is 0.396 e. The molecule has 0 aliphatic carbocycles. The monoisotopic (exact) mass is 231 g/mol. The molecule has 0 aliphatic rings. The predicted octanol–water partition coefficient (Wildman–Crippen LogP) is 2.26. The molecule has 0 radical (unpaired) electrons. The first-order valence-corrected chi connectivity index (χ1v) is 5.61. The average Bonchev–Trinajstić information content (AvgIpc) is 2.33. The number of hydrogen-bond donors (Lipinski definition) is 2. The number of nitrogens with zero attached hydrogens (tertiary/aromatic N) is 1. The number of nitrogens with one attached hydrogen (secondary N) is 1. The zero-order valence-electron chi connectivity index (χ0n) is 10.1. The summed E-state index contributed by atoms with van der Waals surface area (Å²) in [5.41, 5.74) is 8.49. The quantitative estimate of drug-likeness (QED) is 0.847. The molecule has 0 saturated carbocycles. The molecule has 0 aliphatic heterocycles. The highest BCUT2D eigenvalue weighted by molar-refractivity contribution is 5.96. The van der Waals surface area contributed by atoms with Gasteiger partial charge in [-0.1, -0.05) is 18.2 Å². The fourth-order valence-electron chi connectivity index (χ4n) is 1.86. The van der Waals surface area contributed by atoms with E-state index in [4.69, 9.17) is 10.5 Å². The molecule has 0 saturated heterocycles. The maximum Gasteiger partial charge on any atom is 0.0743 e. The van der Waals surface area contributed by atoms with E-state index < -0.39 is 0 Å². The molecule has 1 aromatic heterocycles. The van der Waals surface area contributed by atoms with Gasteiger partial charge in [-0.2, -0.15) is 0 Å². The van der Waals surface area contributed by atoms with Gasteiger partial charge in [-0.25, -0.2) is 0 Å². The van der Waals surface area contributed by atoms with Crippen LogP contribution in [0.1, 0.15) is 6.92 Å². The Morgan fingerprint density at radius 1 is 1.41 bits per heavy atom. The van der Waals surface area contributed by atoms with Crippen LogP contribution in [0, 0.1) is 0 Å². The van der Waals surface area contributed by atoms with Gasteiger partial charge in [0.05, 0.1) is 29.7 Å². The average molecular weight is 231 g/mol. The van der Waals surface area contributed by atoms with Gasteiger partial charge in [0.1, 0.15) is 0 Å². The summed E-state index contributed by atoms with van der Waals surface area (Å²) in [6, 6.07) is 8.14. The maximum atomic E-state index is 5.97. The third-order valence-electron chi connectivity index (χ3n) is 2.61. The molecule has 0 fully saturated rings. The molecule has 3 N–H and O–H groups in total. The van der Waals surface area contributed by atoms with Crippen LogP contribution in [0.15, 0.2) is 30.5 Å². The molecule has 17 heavy (non-hydrogen) atoms. The number of aromatic nitrogens is 1. The zero-order chi connectivity index (χ0) is 12.3. The fraction of sp³-hybridized carbons (Fsp3) is 0.308. The van der Waals surface area contributed by atoms with E-state index in [1.807, 2.05) is 24.3 Å². The summed E-state index contributed by atoms with van der Waals surface area (Å²) in [5.74, 6) is 0. The highest BCUT2D eigenvalue weighted by atomic mass is 16.5. The van der Waals surface area contributed by atoms with Crippen LogP contribution < -0.4 is 11.1 Å². The van der Waals surface area contributed by atoms with Crippen LogP contribution in [0.25, 0.3) is 10.9 Å². The lowest BCUT2D eigenvalue weighted by Crippen LogP contribution is -2.21. The van der Waals surface area contributed by atoms with E-state index in [0.29, 0.717) is 12.3 Å². The normalized spacial score (nSPS) is 12.6. The lowest BCUT2D eigenvalue weighted by molar-refractivity contribution is 0.190. The van der Waals surface area contributed by atoms with E-state index in [2.05, 4.69) is 17.2 Å². The number of rotatable bonds is 4. The van der Waals surface area contributed by atoms with E-state index >= 15 is 0 Å². The number of methoxy groups -OCH3 is 1. The van der Waals surface area contributed by atoms with E-state index in [1.165, 1.54) is 0 Å². The minimum atomic E-state index is 0.202. The molecule has 0 amide bonds. The lowest BCUT2D eigenvalue weighted by atomic mass is 10.1. The van der Waals surface area contributed by atoms with Crippen molar-refractivity contribution in [3.8, 4) is 0 Å². The van der Waals surface area contributed by atoms with Gasteiger partial charge in [-0.3, -0.25) is 4.98 Å². The first-order valence-electron chi connectivity index (χ1n) is 5.61. The van der Waals surface area contributed by atoms with Gasteiger partial charge in [0.2, 0.25) is 0 Å². The molecule has 4 heteroatoms. The second-order valence-corrected chi connectivity index (χ2v) is 4.11. The van der Waals surface area contributed by atoms with Crippen LogP contribution in [0.5, 0.6) is 0 Å². The van der Waals surface area contributed by atoms with Crippen LogP contribution in [0.4, 0.5) is 11.4 Å².